The molecule has 0 saturated heterocycles. The van der Waals surface area contributed by atoms with E-state index in [1.165, 1.54) is 20.3 Å². The molecule has 2 atom stereocenters. The number of rotatable bonds is 17. The van der Waals surface area contributed by atoms with Gasteiger partial charge in [-0.25, -0.2) is 9.59 Å². The maximum Gasteiger partial charge on any atom is 0.338 e. The molecular weight excluding hydrogens is 488 g/mol. The lowest BCUT2D eigenvalue weighted by atomic mass is 9.88. The summed E-state index contributed by atoms with van der Waals surface area (Å²) in [6, 6.07) is 6.77. The highest BCUT2D eigenvalue weighted by molar-refractivity contribution is 5.89. The minimum atomic E-state index is -0.616. The molecule has 8 nitrogen and oxygen atoms in total. The highest BCUT2D eigenvalue weighted by Crippen LogP contribution is 2.26. The average molecular weight is 527 g/mol. The Kier molecular flexibility index (Phi) is 13.3. The van der Waals surface area contributed by atoms with Crippen molar-refractivity contribution in [3.63, 3.8) is 0 Å². The molecule has 8 heteroatoms. The summed E-state index contributed by atoms with van der Waals surface area (Å²) < 4.78 is 33.2. The summed E-state index contributed by atoms with van der Waals surface area (Å²) in [5.41, 5.74) is 0.778. The number of methoxy groups -OCH3 is 2. The number of benzene rings is 1. The monoisotopic (exact) mass is 526 g/mol. The fourth-order valence-corrected chi connectivity index (χ4v) is 3.57. The summed E-state index contributed by atoms with van der Waals surface area (Å²) in [5.74, 6) is -0.338. The van der Waals surface area contributed by atoms with Gasteiger partial charge in [0.05, 0.1) is 51.1 Å². The molecule has 2 unspecified atom stereocenters. The van der Waals surface area contributed by atoms with Crippen LogP contribution < -0.4 is 4.74 Å². The van der Waals surface area contributed by atoms with E-state index in [1.54, 1.807) is 60.7 Å². The van der Waals surface area contributed by atoms with E-state index in [1.807, 2.05) is 0 Å². The molecule has 0 N–H and O–H groups in total. The van der Waals surface area contributed by atoms with Gasteiger partial charge >= 0.3 is 11.9 Å². The van der Waals surface area contributed by atoms with Gasteiger partial charge in [0.25, 0.3) is 0 Å². The molecule has 0 fully saturated rings. The van der Waals surface area contributed by atoms with E-state index in [9.17, 15) is 9.59 Å². The number of carbonyl (C=O) groups is 2. The first-order chi connectivity index (χ1) is 18.4. The SMILES string of the molecule is C=CCOCC(CC)(COCC=C)COc1ccc(C(=O)OC2C=CC(/C=C/C(=O)OC)=CC2OC)cc1. The van der Waals surface area contributed by atoms with Gasteiger partial charge in [0, 0.05) is 13.2 Å². The molecule has 0 spiro atoms. The summed E-state index contributed by atoms with van der Waals surface area (Å²) in [6.45, 7) is 11.6. The Balaban J connectivity index is 1.99. The quantitative estimate of drug-likeness (QED) is 0.126. The van der Waals surface area contributed by atoms with Crippen LogP contribution in [-0.2, 0) is 28.5 Å². The number of carbonyl (C=O) groups excluding carboxylic acids is 2. The summed E-state index contributed by atoms with van der Waals surface area (Å²) in [5, 5.41) is 0. The van der Waals surface area contributed by atoms with Crippen molar-refractivity contribution in [2.24, 2.45) is 5.41 Å². The molecule has 38 heavy (non-hydrogen) atoms. The Morgan fingerprint density at radius 3 is 2.18 bits per heavy atom. The van der Waals surface area contributed by atoms with Gasteiger partial charge in [-0.05, 0) is 54.5 Å². The average Bonchev–Trinajstić information content (AvgIpc) is 2.95. The predicted octanol–water partition coefficient (Wildman–Crippen LogP) is 4.63. The van der Waals surface area contributed by atoms with Gasteiger partial charge in [0.15, 0.2) is 6.10 Å². The third-order valence-electron chi connectivity index (χ3n) is 5.96. The van der Waals surface area contributed by atoms with Crippen LogP contribution in [0.1, 0.15) is 23.7 Å². The van der Waals surface area contributed by atoms with E-state index in [0.717, 1.165) is 12.0 Å². The molecule has 0 bridgehead atoms. The van der Waals surface area contributed by atoms with Gasteiger partial charge in [-0.15, -0.1) is 13.2 Å². The van der Waals surface area contributed by atoms with Crippen molar-refractivity contribution in [1.82, 2.24) is 0 Å². The lowest BCUT2D eigenvalue weighted by molar-refractivity contribution is -0.134. The second kappa shape index (κ2) is 16.4. The van der Waals surface area contributed by atoms with Crippen molar-refractivity contribution < 1.29 is 38.0 Å². The maximum absolute atomic E-state index is 12.8. The van der Waals surface area contributed by atoms with Crippen molar-refractivity contribution in [2.75, 3.05) is 47.3 Å². The summed E-state index contributed by atoms with van der Waals surface area (Å²) in [7, 11) is 2.83. The topological polar surface area (TPSA) is 89.5 Å². The predicted molar refractivity (Wildman–Crippen MR) is 145 cm³/mol. The fraction of sp³-hybridized carbons (Fsp3) is 0.400. The van der Waals surface area contributed by atoms with E-state index in [-0.39, 0.29) is 5.41 Å². The molecule has 0 radical (unpaired) electrons. The van der Waals surface area contributed by atoms with Crippen molar-refractivity contribution in [1.29, 1.82) is 0 Å². The lowest BCUT2D eigenvalue weighted by Crippen LogP contribution is -2.38. The molecule has 0 saturated carbocycles. The first kappa shape index (κ1) is 30.8. The highest BCUT2D eigenvalue weighted by Gasteiger charge is 2.30. The summed E-state index contributed by atoms with van der Waals surface area (Å²) in [6.07, 6.45) is 11.2. The Bertz CT molecular complexity index is 992. The van der Waals surface area contributed by atoms with Crippen LogP contribution in [-0.4, -0.2) is 71.4 Å². The number of esters is 2. The Morgan fingerprint density at radius 2 is 1.63 bits per heavy atom. The van der Waals surface area contributed by atoms with Crippen molar-refractivity contribution in [3.8, 4) is 5.75 Å². The van der Waals surface area contributed by atoms with Crippen LogP contribution in [0.3, 0.4) is 0 Å². The summed E-state index contributed by atoms with van der Waals surface area (Å²) in [4.78, 5) is 24.1. The molecular formula is C30H38O8. The Morgan fingerprint density at radius 1 is 0.974 bits per heavy atom. The molecule has 0 amide bonds. The third-order valence-corrected chi connectivity index (χ3v) is 5.96. The van der Waals surface area contributed by atoms with Crippen LogP contribution in [0.4, 0.5) is 0 Å². The van der Waals surface area contributed by atoms with Crippen molar-refractivity contribution in [3.05, 3.63) is 91.1 Å². The molecule has 0 heterocycles. The van der Waals surface area contributed by atoms with Gasteiger partial charge in [0.2, 0.25) is 0 Å². The van der Waals surface area contributed by atoms with Crippen LogP contribution in [0.25, 0.3) is 0 Å². The van der Waals surface area contributed by atoms with Crippen LogP contribution in [0.5, 0.6) is 5.75 Å². The zero-order valence-corrected chi connectivity index (χ0v) is 22.4. The number of hydrogen-bond donors (Lipinski definition) is 0. The summed E-state index contributed by atoms with van der Waals surface area (Å²) >= 11 is 0. The Labute approximate surface area is 225 Å². The van der Waals surface area contributed by atoms with Crippen LogP contribution >= 0.6 is 0 Å². The van der Waals surface area contributed by atoms with Crippen molar-refractivity contribution in [2.45, 2.75) is 25.6 Å². The zero-order chi connectivity index (χ0) is 27.8. The first-order valence-electron chi connectivity index (χ1n) is 12.4. The van der Waals surface area contributed by atoms with Crippen molar-refractivity contribution >= 4 is 11.9 Å². The first-order valence-corrected chi connectivity index (χ1v) is 12.4. The van der Waals surface area contributed by atoms with Crippen LogP contribution in [0, 0.1) is 5.41 Å². The molecule has 1 aromatic carbocycles. The fourth-order valence-electron chi connectivity index (χ4n) is 3.57. The second-order valence-corrected chi connectivity index (χ2v) is 8.73. The van der Waals surface area contributed by atoms with Gasteiger partial charge < -0.3 is 28.4 Å². The standard InChI is InChI=1S/C30H38O8/c1-6-17-35-20-30(8-3,21-36-18-7-2)22-37-25-13-11-24(12-14-25)29(32)38-26-15-9-23(19-27(26)33-4)10-16-28(31)34-5/h6-7,9-16,19,26-27H,1-2,8,17-18,20-22H2,3-5H3/b16-10+. The molecule has 2 rings (SSSR count). The third kappa shape index (κ3) is 9.78. The van der Waals surface area contributed by atoms with Crippen LogP contribution in [0.2, 0.25) is 0 Å². The van der Waals surface area contributed by atoms with E-state index in [0.29, 0.717) is 44.3 Å². The van der Waals surface area contributed by atoms with Gasteiger partial charge in [-0.2, -0.15) is 0 Å². The molecule has 1 aliphatic rings. The number of hydrogen-bond acceptors (Lipinski definition) is 8. The van der Waals surface area contributed by atoms with Gasteiger partial charge in [-0.1, -0.05) is 25.2 Å². The minimum absolute atomic E-state index is 0.343. The minimum Gasteiger partial charge on any atom is -0.493 e. The van der Waals surface area contributed by atoms with E-state index < -0.39 is 24.1 Å². The zero-order valence-electron chi connectivity index (χ0n) is 22.4. The molecule has 206 valence electrons. The van der Waals surface area contributed by atoms with E-state index >= 15 is 0 Å². The Hall–Kier alpha value is -3.46. The number of allylic oxidation sites excluding steroid dienone is 3. The highest BCUT2D eigenvalue weighted by atomic mass is 16.6. The smallest absolute Gasteiger partial charge is 0.338 e. The van der Waals surface area contributed by atoms with E-state index in [4.69, 9.17) is 23.7 Å². The normalized spacial score (nSPS) is 17.1. The maximum atomic E-state index is 12.8. The molecule has 1 aromatic rings. The number of ether oxygens (including phenoxy) is 6. The molecule has 1 aliphatic carbocycles. The van der Waals surface area contributed by atoms with Crippen LogP contribution in [0.15, 0.2) is 85.5 Å². The van der Waals surface area contributed by atoms with Gasteiger partial charge in [0.1, 0.15) is 11.9 Å². The largest absolute Gasteiger partial charge is 0.493 e. The second-order valence-electron chi connectivity index (χ2n) is 8.73. The molecule has 0 aliphatic heterocycles. The van der Waals surface area contributed by atoms with E-state index in [2.05, 4.69) is 24.8 Å². The lowest BCUT2D eigenvalue weighted by Gasteiger charge is -2.32. The molecule has 0 aromatic heterocycles. The van der Waals surface area contributed by atoms with Gasteiger partial charge in [-0.3, -0.25) is 0 Å².